The predicted octanol–water partition coefficient (Wildman–Crippen LogP) is -1.35. The summed E-state index contributed by atoms with van der Waals surface area (Å²) in [4.78, 5) is 33.6. The maximum absolute atomic E-state index is 12.1. The Morgan fingerprint density at radius 1 is 1.62 bits per heavy atom. The van der Waals surface area contributed by atoms with Gasteiger partial charge in [0.1, 0.15) is 18.4 Å². The van der Waals surface area contributed by atoms with Crippen molar-refractivity contribution in [3.05, 3.63) is 16.7 Å². The first-order chi connectivity index (χ1) is 11.4. The highest BCUT2D eigenvalue weighted by atomic mass is 16.5. The summed E-state index contributed by atoms with van der Waals surface area (Å²) >= 11 is 0. The average Bonchev–Trinajstić information content (AvgIpc) is 3.10. The minimum atomic E-state index is -1.10. The number of imidazole rings is 1. The summed E-state index contributed by atoms with van der Waals surface area (Å²) in [6.45, 7) is 1.08. The van der Waals surface area contributed by atoms with Crippen molar-refractivity contribution in [2.75, 3.05) is 11.9 Å². The smallest absolute Gasteiger partial charge is 0.325 e. The minimum Gasteiger partial charge on any atom is -0.480 e. The van der Waals surface area contributed by atoms with E-state index in [1.165, 1.54) is 17.8 Å². The normalized spacial score (nSPS) is 25.0. The molecule has 1 fully saturated rings. The van der Waals surface area contributed by atoms with Crippen LogP contribution in [0, 0.1) is 0 Å². The van der Waals surface area contributed by atoms with E-state index in [1.54, 1.807) is 0 Å². The predicted molar refractivity (Wildman–Crippen MR) is 80.5 cm³/mol. The summed E-state index contributed by atoms with van der Waals surface area (Å²) in [5, 5.41) is 30.5. The average molecular weight is 339 g/mol. The van der Waals surface area contributed by atoms with Crippen LogP contribution >= 0.6 is 0 Å². The number of anilines is 1. The van der Waals surface area contributed by atoms with Crippen LogP contribution in [0.1, 0.15) is 19.6 Å². The van der Waals surface area contributed by atoms with E-state index in [0.29, 0.717) is 0 Å². The quantitative estimate of drug-likeness (QED) is 0.443. The van der Waals surface area contributed by atoms with Gasteiger partial charge in [-0.05, 0) is 6.92 Å². The van der Waals surface area contributed by atoms with Gasteiger partial charge in [-0.2, -0.15) is 4.98 Å². The zero-order valence-corrected chi connectivity index (χ0v) is 12.7. The fourth-order valence-corrected chi connectivity index (χ4v) is 2.52. The van der Waals surface area contributed by atoms with Crippen LogP contribution in [0.5, 0.6) is 0 Å². The number of nitrogens with zero attached hydrogens (tertiary/aromatic N) is 3. The molecule has 0 radical (unpaired) electrons. The number of hydrogen-bond acceptors (Lipinski definition) is 8. The van der Waals surface area contributed by atoms with Crippen LogP contribution in [0.15, 0.2) is 11.1 Å². The zero-order valence-electron chi connectivity index (χ0n) is 12.7. The maximum Gasteiger partial charge on any atom is 0.325 e. The van der Waals surface area contributed by atoms with Crippen LogP contribution in [0.3, 0.4) is 0 Å². The first kappa shape index (κ1) is 16.4. The number of nitrogens with one attached hydrogen (secondary N) is 2. The molecule has 0 bridgehead atoms. The van der Waals surface area contributed by atoms with Crippen LogP contribution < -0.4 is 10.9 Å². The zero-order chi connectivity index (χ0) is 17.4. The molecule has 1 unspecified atom stereocenters. The Morgan fingerprint density at radius 3 is 3.00 bits per heavy atom. The molecule has 0 amide bonds. The Bertz CT molecular complexity index is 817. The minimum absolute atomic E-state index is 0.0126. The number of carbonyl (C=O) groups is 1. The summed E-state index contributed by atoms with van der Waals surface area (Å²) in [6.07, 6.45) is -0.641. The van der Waals surface area contributed by atoms with Crippen molar-refractivity contribution in [1.82, 2.24) is 19.5 Å². The molecule has 1 saturated heterocycles. The van der Waals surface area contributed by atoms with E-state index in [9.17, 15) is 14.7 Å². The van der Waals surface area contributed by atoms with Gasteiger partial charge in [-0.3, -0.25) is 19.1 Å². The van der Waals surface area contributed by atoms with Crippen LogP contribution in [0.2, 0.25) is 0 Å². The fraction of sp³-hybridized carbons (Fsp3) is 0.538. The van der Waals surface area contributed by atoms with Gasteiger partial charge in [0.05, 0.1) is 19.0 Å². The standard InChI is InChI=1S/C13H17N5O6/c1-5(12(22)23)15-13-16-10-9(11(21)17-13)14-4-18(10)8-2-6(20)7(3-19)24-8/h4-8,19-20H,2-3H2,1H3,(H,22,23)(H2,15,16,17,21)/t5?,6-,7+,8+/m0/s1. The van der Waals surface area contributed by atoms with Crippen LogP contribution in [-0.4, -0.2) is 65.7 Å². The third-order valence-corrected chi connectivity index (χ3v) is 3.85. The SMILES string of the molecule is CC(Nc1nc2c(ncn2[C@H]2C[C@H](O)[C@@H](CO)O2)c(=O)[nH]1)C(=O)O. The lowest BCUT2D eigenvalue weighted by Gasteiger charge is -2.14. The van der Waals surface area contributed by atoms with E-state index in [4.69, 9.17) is 14.9 Å². The van der Waals surface area contributed by atoms with Gasteiger partial charge in [-0.1, -0.05) is 0 Å². The number of aromatic nitrogens is 4. The summed E-state index contributed by atoms with van der Waals surface area (Å²) < 4.78 is 7.00. The number of ether oxygens (including phenoxy) is 1. The highest BCUT2D eigenvalue weighted by molar-refractivity contribution is 5.77. The first-order valence-electron chi connectivity index (χ1n) is 7.31. The van der Waals surface area contributed by atoms with E-state index in [2.05, 4.69) is 20.3 Å². The Morgan fingerprint density at radius 2 is 2.38 bits per heavy atom. The topological polar surface area (TPSA) is 163 Å². The van der Waals surface area contributed by atoms with Crippen molar-refractivity contribution in [3.8, 4) is 0 Å². The van der Waals surface area contributed by atoms with Crippen molar-refractivity contribution in [1.29, 1.82) is 0 Å². The molecule has 24 heavy (non-hydrogen) atoms. The molecule has 2 aromatic rings. The van der Waals surface area contributed by atoms with E-state index in [-0.39, 0.29) is 30.1 Å². The summed E-state index contributed by atoms with van der Waals surface area (Å²) in [6, 6.07) is -0.953. The second-order valence-corrected chi connectivity index (χ2v) is 5.56. The number of carboxylic acid groups (broad SMARTS) is 1. The van der Waals surface area contributed by atoms with Gasteiger partial charge < -0.3 is 25.4 Å². The molecule has 4 atom stereocenters. The number of aliphatic hydroxyl groups is 2. The lowest BCUT2D eigenvalue weighted by molar-refractivity contribution is -0.137. The van der Waals surface area contributed by atoms with Gasteiger partial charge >= 0.3 is 5.97 Å². The molecular formula is C13H17N5O6. The molecular weight excluding hydrogens is 322 g/mol. The number of fused-ring (bicyclic) bond motifs is 1. The molecule has 0 aromatic carbocycles. The van der Waals surface area contributed by atoms with E-state index in [0.717, 1.165) is 0 Å². The van der Waals surface area contributed by atoms with Crippen molar-refractivity contribution < 1.29 is 24.9 Å². The van der Waals surface area contributed by atoms with Crippen molar-refractivity contribution in [3.63, 3.8) is 0 Å². The molecule has 5 N–H and O–H groups in total. The summed E-state index contributed by atoms with van der Waals surface area (Å²) in [5.74, 6) is -1.11. The Kier molecular flexibility index (Phi) is 4.22. The van der Waals surface area contributed by atoms with Crippen molar-refractivity contribution in [2.45, 2.75) is 37.8 Å². The van der Waals surface area contributed by atoms with Crippen LogP contribution in [0.4, 0.5) is 5.95 Å². The third-order valence-electron chi connectivity index (χ3n) is 3.85. The molecule has 130 valence electrons. The number of aromatic amines is 1. The van der Waals surface area contributed by atoms with E-state index in [1.807, 2.05) is 0 Å². The Labute approximate surface area is 134 Å². The van der Waals surface area contributed by atoms with Gasteiger partial charge in [0.25, 0.3) is 5.56 Å². The lowest BCUT2D eigenvalue weighted by Crippen LogP contribution is -2.28. The molecule has 0 aliphatic carbocycles. The first-order valence-corrected chi connectivity index (χ1v) is 7.31. The van der Waals surface area contributed by atoms with Crippen molar-refractivity contribution >= 4 is 23.1 Å². The number of hydrogen-bond donors (Lipinski definition) is 5. The second-order valence-electron chi connectivity index (χ2n) is 5.56. The van der Waals surface area contributed by atoms with Gasteiger partial charge in [-0.25, -0.2) is 4.98 Å². The van der Waals surface area contributed by atoms with E-state index >= 15 is 0 Å². The summed E-state index contributed by atoms with van der Waals surface area (Å²) in [7, 11) is 0. The largest absolute Gasteiger partial charge is 0.480 e. The molecule has 1 aliphatic heterocycles. The molecule has 11 nitrogen and oxygen atoms in total. The number of carboxylic acids is 1. The molecule has 0 spiro atoms. The van der Waals surface area contributed by atoms with E-state index < -0.39 is 36.0 Å². The summed E-state index contributed by atoms with van der Waals surface area (Å²) in [5.41, 5.74) is -0.278. The highest BCUT2D eigenvalue weighted by Gasteiger charge is 2.35. The monoisotopic (exact) mass is 339 g/mol. The Hall–Kier alpha value is -2.50. The Balaban J connectivity index is 1.97. The van der Waals surface area contributed by atoms with Gasteiger partial charge in [0.15, 0.2) is 11.2 Å². The van der Waals surface area contributed by atoms with Gasteiger partial charge in [-0.15, -0.1) is 0 Å². The molecule has 11 heteroatoms. The number of rotatable bonds is 5. The fourth-order valence-electron chi connectivity index (χ4n) is 2.52. The van der Waals surface area contributed by atoms with Gasteiger partial charge in [0, 0.05) is 6.42 Å². The second kappa shape index (κ2) is 6.19. The molecule has 0 saturated carbocycles. The van der Waals surface area contributed by atoms with Crippen LogP contribution in [-0.2, 0) is 9.53 Å². The molecule has 3 heterocycles. The van der Waals surface area contributed by atoms with Gasteiger partial charge in [0.2, 0.25) is 5.95 Å². The van der Waals surface area contributed by atoms with Crippen LogP contribution in [0.25, 0.3) is 11.2 Å². The molecule has 2 aromatic heterocycles. The third kappa shape index (κ3) is 2.84. The maximum atomic E-state index is 12.1. The molecule has 1 aliphatic rings. The number of aliphatic carboxylic acids is 1. The lowest BCUT2D eigenvalue weighted by atomic mass is 10.2. The highest BCUT2D eigenvalue weighted by Crippen LogP contribution is 2.30. The number of aliphatic hydroxyl groups excluding tert-OH is 2. The number of H-pyrrole nitrogens is 1. The molecule has 3 rings (SSSR count). The van der Waals surface area contributed by atoms with Crippen molar-refractivity contribution in [2.24, 2.45) is 0 Å².